The van der Waals surface area contributed by atoms with E-state index in [0.717, 1.165) is 6.42 Å². The number of hydrogen-bond acceptors (Lipinski definition) is 3. The first-order chi connectivity index (χ1) is 7.16. The summed E-state index contributed by atoms with van der Waals surface area (Å²) in [6.07, 6.45) is 0.730. The SMILES string of the molecule is CC(C)C[C@H](N)C(=O)NCC(C)(C)N(C)C. The highest BCUT2D eigenvalue weighted by Gasteiger charge is 2.23. The monoisotopic (exact) mass is 229 g/mol. The fraction of sp³-hybridized carbons (Fsp3) is 0.917. The third-order valence-electron chi connectivity index (χ3n) is 2.97. The molecule has 0 aliphatic heterocycles. The van der Waals surface area contributed by atoms with Gasteiger partial charge in [-0.15, -0.1) is 0 Å². The van der Waals surface area contributed by atoms with Gasteiger partial charge in [-0.2, -0.15) is 0 Å². The van der Waals surface area contributed by atoms with E-state index in [0.29, 0.717) is 12.5 Å². The van der Waals surface area contributed by atoms with E-state index in [1.807, 2.05) is 14.1 Å². The van der Waals surface area contributed by atoms with Crippen LogP contribution in [0.3, 0.4) is 0 Å². The lowest BCUT2D eigenvalue weighted by atomic mass is 10.0. The Kier molecular flexibility index (Phi) is 5.97. The van der Waals surface area contributed by atoms with Gasteiger partial charge in [0.1, 0.15) is 0 Å². The summed E-state index contributed by atoms with van der Waals surface area (Å²) in [6, 6.07) is -0.391. The van der Waals surface area contributed by atoms with Gasteiger partial charge in [0.2, 0.25) is 5.91 Å². The lowest BCUT2D eigenvalue weighted by molar-refractivity contribution is -0.123. The van der Waals surface area contributed by atoms with Crippen molar-refractivity contribution in [3.8, 4) is 0 Å². The van der Waals surface area contributed by atoms with Crippen LogP contribution in [-0.2, 0) is 4.79 Å². The van der Waals surface area contributed by atoms with Crippen LogP contribution >= 0.6 is 0 Å². The summed E-state index contributed by atoms with van der Waals surface area (Å²) in [5.74, 6) is 0.395. The Morgan fingerprint density at radius 2 is 1.88 bits per heavy atom. The second-order valence-electron chi connectivity index (χ2n) is 5.66. The maximum absolute atomic E-state index is 11.7. The third-order valence-corrected chi connectivity index (χ3v) is 2.97. The molecule has 0 bridgehead atoms. The Morgan fingerprint density at radius 3 is 2.25 bits per heavy atom. The van der Waals surface area contributed by atoms with Gasteiger partial charge in [0.25, 0.3) is 0 Å². The van der Waals surface area contributed by atoms with Crippen LogP contribution < -0.4 is 11.1 Å². The molecule has 4 nitrogen and oxygen atoms in total. The van der Waals surface area contributed by atoms with E-state index in [4.69, 9.17) is 5.73 Å². The summed E-state index contributed by atoms with van der Waals surface area (Å²) < 4.78 is 0. The average Bonchev–Trinajstić information content (AvgIpc) is 2.12. The van der Waals surface area contributed by atoms with Crippen LogP contribution in [0.15, 0.2) is 0 Å². The van der Waals surface area contributed by atoms with E-state index in [2.05, 4.69) is 37.9 Å². The fourth-order valence-corrected chi connectivity index (χ4v) is 1.21. The van der Waals surface area contributed by atoms with E-state index in [-0.39, 0.29) is 11.4 Å². The van der Waals surface area contributed by atoms with Gasteiger partial charge in [-0.05, 0) is 40.3 Å². The molecule has 3 N–H and O–H groups in total. The summed E-state index contributed by atoms with van der Waals surface area (Å²) in [5, 5.41) is 2.90. The normalized spacial score (nSPS) is 14.3. The molecule has 0 radical (unpaired) electrons. The molecule has 1 amide bonds. The first-order valence-corrected chi connectivity index (χ1v) is 5.87. The minimum atomic E-state index is -0.391. The molecule has 0 aromatic rings. The number of hydrogen-bond donors (Lipinski definition) is 2. The lowest BCUT2D eigenvalue weighted by Crippen LogP contribution is -2.51. The molecule has 0 aromatic carbocycles. The molecule has 96 valence electrons. The number of carbonyl (C=O) groups is 1. The van der Waals surface area contributed by atoms with Crippen LogP contribution in [0.4, 0.5) is 0 Å². The average molecular weight is 229 g/mol. The highest BCUT2D eigenvalue weighted by Crippen LogP contribution is 2.08. The summed E-state index contributed by atoms with van der Waals surface area (Å²) in [6.45, 7) is 8.92. The number of amides is 1. The Labute approximate surface area is 99.6 Å². The molecule has 1 atom stereocenters. The number of carbonyl (C=O) groups excluding carboxylic acids is 1. The lowest BCUT2D eigenvalue weighted by Gasteiger charge is -2.33. The van der Waals surface area contributed by atoms with Crippen molar-refractivity contribution >= 4 is 5.91 Å². The van der Waals surface area contributed by atoms with Crippen molar-refractivity contribution in [3.63, 3.8) is 0 Å². The fourth-order valence-electron chi connectivity index (χ4n) is 1.21. The van der Waals surface area contributed by atoms with Gasteiger partial charge in [0, 0.05) is 12.1 Å². The van der Waals surface area contributed by atoms with Crippen LogP contribution in [0.25, 0.3) is 0 Å². The van der Waals surface area contributed by atoms with Crippen molar-refractivity contribution < 1.29 is 4.79 Å². The molecule has 4 heteroatoms. The number of nitrogens with one attached hydrogen (secondary N) is 1. The Bertz CT molecular complexity index is 224. The van der Waals surface area contributed by atoms with Gasteiger partial charge < -0.3 is 16.0 Å². The summed E-state index contributed by atoms with van der Waals surface area (Å²) in [7, 11) is 4.00. The molecule has 0 rings (SSSR count). The number of nitrogens with zero attached hydrogens (tertiary/aromatic N) is 1. The molecule has 0 saturated heterocycles. The number of nitrogens with two attached hydrogens (primary N) is 1. The zero-order valence-corrected chi connectivity index (χ0v) is 11.5. The molecular formula is C12H27N3O. The van der Waals surface area contributed by atoms with Gasteiger partial charge in [-0.1, -0.05) is 13.8 Å². The topological polar surface area (TPSA) is 58.4 Å². The zero-order chi connectivity index (χ0) is 12.9. The minimum Gasteiger partial charge on any atom is -0.353 e. The van der Waals surface area contributed by atoms with Crippen LogP contribution in [0.5, 0.6) is 0 Å². The molecule has 0 spiro atoms. The van der Waals surface area contributed by atoms with Crippen LogP contribution in [-0.4, -0.2) is 43.0 Å². The molecule has 0 unspecified atom stereocenters. The molecule has 0 aliphatic carbocycles. The van der Waals surface area contributed by atoms with Gasteiger partial charge >= 0.3 is 0 Å². The van der Waals surface area contributed by atoms with Crippen molar-refractivity contribution in [1.29, 1.82) is 0 Å². The molecular weight excluding hydrogens is 202 g/mol. The van der Waals surface area contributed by atoms with Gasteiger partial charge in [0.05, 0.1) is 6.04 Å². The van der Waals surface area contributed by atoms with Crippen molar-refractivity contribution in [1.82, 2.24) is 10.2 Å². The summed E-state index contributed by atoms with van der Waals surface area (Å²) in [4.78, 5) is 13.8. The highest BCUT2D eigenvalue weighted by atomic mass is 16.2. The standard InChI is InChI=1S/C12H27N3O/c1-9(2)7-10(13)11(16)14-8-12(3,4)15(5)6/h9-10H,7-8,13H2,1-6H3,(H,14,16)/t10-/m0/s1. The van der Waals surface area contributed by atoms with Crippen molar-refractivity contribution in [3.05, 3.63) is 0 Å². The van der Waals surface area contributed by atoms with Gasteiger partial charge in [0.15, 0.2) is 0 Å². The molecule has 0 saturated carbocycles. The largest absolute Gasteiger partial charge is 0.353 e. The molecule has 0 fully saturated rings. The molecule has 0 aromatic heterocycles. The van der Waals surface area contributed by atoms with Crippen molar-refractivity contribution in [2.45, 2.75) is 45.7 Å². The van der Waals surface area contributed by atoms with Crippen LogP contribution in [0, 0.1) is 5.92 Å². The van der Waals surface area contributed by atoms with E-state index >= 15 is 0 Å². The van der Waals surface area contributed by atoms with E-state index in [1.165, 1.54) is 0 Å². The Morgan fingerprint density at radius 1 is 1.38 bits per heavy atom. The van der Waals surface area contributed by atoms with Gasteiger partial charge in [-0.3, -0.25) is 4.79 Å². The van der Waals surface area contributed by atoms with Crippen molar-refractivity contribution in [2.24, 2.45) is 11.7 Å². The zero-order valence-electron chi connectivity index (χ0n) is 11.5. The first-order valence-electron chi connectivity index (χ1n) is 5.87. The predicted molar refractivity (Wildman–Crippen MR) is 68.2 cm³/mol. The third kappa shape index (κ3) is 5.47. The summed E-state index contributed by atoms with van der Waals surface area (Å²) >= 11 is 0. The smallest absolute Gasteiger partial charge is 0.236 e. The molecule has 0 aliphatic rings. The van der Waals surface area contributed by atoms with Crippen molar-refractivity contribution in [2.75, 3.05) is 20.6 Å². The van der Waals surface area contributed by atoms with Crippen LogP contribution in [0.2, 0.25) is 0 Å². The maximum Gasteiger partial charge on any atom is 0.236 e. The Balaban J connectivity index is 4.07. The van der Waals surface area contributed by atoms with Gasteiger partial charge in [-0.25, -0.2) is 0 Å². The number of likely N-dealkylation sites (N-methyl/N-ethyl adjacent to an activating group) is 1. The highest BCUT2D eigenvalue weighted by molar-refractivity contribution is 5.81. The van der Waals surface area contributed by atoms with Crippen LogP contribution in [0.1, 0.15) is 34.1 Å². The predicted octanol–water partition coefficient (Wildman–Crippen LogP) is 0.816. The van der Waals surface area contributed by atoms with E-state index in [1.54, 1.807) is 0 Å². The second-order valence-corrected chi connectivity index (χ2v) is 5.66. The first kappa shape index (κ1) is 15.4. The summed E-state index contributed by atoms with van der Waals surface area (Å²) in [5.41, 5.74) is 5.75. The van der Waals surface area contributed by atoms with E-state index in [9.17, 15) is 4.79 Å². The molecule has 0 heterocycles. The maximum atomic E-state index is 11.7. The molecule has 16 heavy (non-hydrogen) atoms. The quantitative estimate of drug-likeness (QED) is 0.709. The Hall–Kier alpha value is -0.610. The van der Waals surface area contributed by atoms with E-state index < -0.39 is 6.04 Å². The minimum absolute atomic E-state index is 0.0484. The second kappa shape index (κ2) is 6.21. The number of rotatable bonds is 6.